The predicted octanol–water partition coefficient (Wildman–Crippen LogP) is 5.11. The molecule has 0 saturated heterocycles. The summed E-state index contributed by atoms with van der Waals surface area (Å²) in [7, 11) is 0. The van der Waals surface area contributed by atoms with E-state index >= 15 is 0 Å². The fraction of sp³-hybridized carbons (Fsp3) is 0.400. The molecule has 31 heavy (non-hydrogen) atoms. The Morgan fingerprint density at radius 2 is 1.77 bits per heavy atom. The van der Waals surface area contributed by atoms with Gasteiger partial charge in [-0.05, 0) is 62.1 Å². The number of anilines is 2. The number of hydrogen-bond acceptors (Lipinski definition) is 5. The number of amides is 1. The number of carbonyl (C=O) groups is 1. The van der Waals surface area contributed by atoms with E-state index in [-0.39, 0.29) is 11.9 Å². The first-order chi connectivity index (χ1) is 15.1. The van der Waals surface area contributed by atoms with Crippen LogP contribution in [0.1, 0.15) is 56.3 Å². The largest absolute Gasteiger partial charge is 0.368 e. The van der Waals surface area contributed by atoms with Gasteiger partial charge in [-0.25, -0.2) is 4.98 Å². The molecule has 1 fully saturated rings. The zero-order valence-corrected chi connectivity index (χ0v) is 18.4. The van der Waals surface area contributed by atoms with Crippen molar-refractivity contribution in [3.8, 4) is 11.1 Å². The summed E-state index contributed by atoms with van der Waals surface area (Å²) < 4.78 is 0. The van der Waals surface area contributed by atoms with Crippen LogP contribution in [-0.2, 0) is 0 Å². The second-order valence-electron chi connectivity index (χ2n) is 8.20. The first-order valence-corrected chi connectivity index (χ1v) is 11.3. The quantitative estimate of drug-likeness (QED) is 0.582. The molecular formula is C25H31N5O. The summed E-state index contributed by atoms with van der Waals surface area (Å²) in [5.41, 5.74) is 9.54. The summed E-state index contributed by atoms with van der Waals surface area (Å²) in [6, 6.07) is 14.3. The molecule has 3 aromatic rings. The Labute approximate surface area is 183 Å². The highest BCUT2D eigenvalue weighted by molar-refractivity contribution is 5.97. The van der Waals surface area contributed by atoms with Gasteiger partial charge in [-0.1, -0.05) is 37.5 Å². The van der Waals surface area contributed by atoms with E-state index < -0.39 is 0 Å². The smallest absolute Gasteiger partial charge is 0.253 e. The number of hydrogen-bond donors (Lipinski definition) is 2. The molecule has 4 rings (SSSR count). The van der Waals surface area contributed by atoms with E-state index in [2.05, 4.69) is 21.4 Å². The van der Waals surface area contributed by atoms with Gasteiger partial charge in [-0.3, -0.25) is 4.79 Å². The van der Waals surface area contributed by atoms with Crippen molar-refractivity contribution >= 4 is 28.6 Å². The average Bonchev–Trinajstić information content (AvgIpc) is 2.80. The van der Waals surface area contributed by atoms with E-state index in [1.807, 2.05) is 55.1 Å². The summed E-state index contributed by atoms with van der Waals surface area (Å²) in [5, 5.41) is 4.57. The molecule has 1 aromatic heterocycles. The zero-order valence-electron chi connectivity index (χ0n) is 18.4. The first-order valence-electron chi connectivity index (χ1n) is 11.3. The van der Waals surface area contributed by atoms with Gasteiger partial charge in [0.1, 0.15) is 5.82 Å². The van der Waals surface area contributed by atoms with Crippen LogP contribution < -0.4 is 11.1 Å². The normalized spacial score (nSPS) is 14.5. The van der Waals surface area contributed by atoms with Gasteiger partial charge in [0.15, 0.2) is 0 Å². The molecule has 0 spiro atoms. The van der Waals surface area contributed by atoms with Crippen LogP contribution in [0.5, 0.6) is 0 Å². The monoisotopic (exact) mass is 417 g/mol. The second-order valence-corrected chi connectivity index (χ2v) is 8.20. The lowest BCUT2D eigenvalue weighted by molar-refractivity contribution is 0.0773. The van der Waals surface area contributed by atoms with E-state index in [0.29, 0.717) is 24.7 Å². The molecule has 0 radical (unpaired) electrons. The summed E-state index contributed by atoms with van der Waals surface area (Å²) in [5.74, 6) is 1.14. The number of fused-ring (bicyclic) bond motifs is 1. The molecule has 2 aromatic carbocycles. The summed E-state index contributed by atoms with van der Waals surface area (Å²) >= 11 is 0. The highest BCUT2D eigenvalue weighted by Gasteiger charge is 2.17. The van der Waals surface area contributed by atoms with Crippen LogP contribution in [0.2, 0.25) is 0 Å². The fourth-order valence-corrected chi connectivity index (χ4v) is 4.40. The van der Waals surface area contributed by atoms with E-state index in [1.54, 1.807) is 0 Å². The molecule has 162 valence electrons. The lowest BCUT2D eigenvalue weighted by atomic mass is 9.95. The lowest BCUT2D eigenvalue weighted by Gasteiger charge is -2.24. The standard InChI is InChI=1S/C25H31N5O/c1-3-30(4-2)24(31)19-10-8-9-17(15-19)18-13-14-22-21(16-18)23(29-25(26)28-22)27-20-11-6-5-7-12-20/h8-10,13-16,20H,3-7,11-12H2,1-2H3,(H3,26,27,28,29). The number of nitrogen functional groups attached to an aromatic ring is 1. The molecule has 0 atom stereocenters. The highest BCUT2D eigenvalue weighted by Crippen LogP contribution is 2.30. The Hall–Kier alpha value is -3.15. The van der Waals surface area contributed by atoms with Crippen molar-refractivity contribution in [2.75, 3.05) is 24.1 Å². The Morgan fingerprint density at radius 3 is 2.52 bits per heavy atom. The zero-order chi connectivity index (χ0) is 21.8. The Bertz CT molecular complexity index is 1070. The molecule has 1 saturated carbocycles. The van der Waals surface area contributed by atoms with Crippen molar-refractivity contribution in [2.45, 2.75) is 52.0 Å². The van der Waals surface area contributed by atoms with Crippen molar-refractivity contribution in [1.82, 2.24) is 14.9 Å². The molecule has 1 aliphatic rings. The number of rotatable bonds is 6. The second kappa shape index (κ2) is 9.33. The molecule has 1 heterocycles. The van der Waals surface area contributed by atoms with Crippen LogP contribution in [0, 0.1) is 0 Å². The number of carbonyl (C=O) groups excluding carboxylic acids is 1. The summed E-state index contributed by atoms with van der Waals surface area (Å²) in [4.78, 5) is 23.6. The number of nitrogens with two attached hydrogens (primary N) is 1. The van der Waals surface area contributed by atoms with Gasteiger partial charge < -0.3 is 16.0 Å². The Kier molecular flexibility index (Phi) is 6.35. The molecule has 0 bridgehead atoms. The van der Waals surface area contributed by atoms with Gasteiger partial charge in [0.2, 0.25) is 5.95 Å². The van der Waals surface area contributed by atoms with Crippen LogP contribution >= 0.6 is 0 Å². The SMILES string of the molecule is CCN(CC)C(=O)c1cccc(-c2ccc3nc(N)nc(NC4CCCCC4)c3c2)c1. The van der Waals surface area contributed by atoms with E-state index in [4.69, 9.17) is 5.73 Å². The van der Waals surface area contributed by atoms with Gasteiger partial charge >= 0.3 is 0 Å². The maximum Gasteiger partial charge on any atom is 0.253 e. The number of aromatic nitrogens is 2. The molecule has 0 aliphatic heterocycles. The van der Waals surface area contributed by atoms with E-state index in [0.717, 1.165) is 40.7 Å². The third-order valence-corrected chi connectivity index (χ3v) is 6.15. The van der Waals surface area contributed by atoms with Gasteiger partial charge in [0.25, 0.3) is 5.91 Å². The minimum absolute atomic E-state index is 0.0587. The van der Waals surface area contributed by atoms with Gasteiger partial charge in [0.05, 0.1) is 5.52 Å². The highest BCUT2D eigenvalue weighted by atomic mass is 16.2. The third kappa shape index (κ3) is 4.63. The predicted molar refractivity (Wildman–Crippen MR) is 127 cm³/mol. The van der Waals surface area contributed by atoms with Crippen molar-refractivity contribution in [3.63, 3.8) is 0 Å². The first kappa shape index (κ1) is 21.1. The van der Waals surface area contributed by atoms with Crippen LogP contribution in [-0.4, -0.2) is 39.9 Å². The molecule has 0 unspecified atom stereocenters. The number of nitrogens with one attached hydrogen (secondary N) is 1. The molecule has 3 N–H and O–H groups in total. The van der Waals surface area contributed by atoms with Crippen molar-refractivity contribution in [1.29, 1.82) is 0 Å². The van der Waals surface area contributed by atoms with E-state index in [9.17, 15) is 4.79 Å². The lowest BCUT2D eigenvalue weighted by Crippen LogP contribution is -2.30. The van der Waals surface area contributed by atoms with Crippen LogP contribution in [0.25, 0.3) is 22.0 Å². The minimum Gasteiger partial charge on any atom is -0.368 e. The maximum atomic E-state index is 12.8. The van der Waals surface area contributed by atoms with Gasteiger partial charge in [-0.2, -0.15) is 4.98 Å². The number of nitrogens with zero attached hydrogens (tertiary/aromatic N) is 3. The number of benzene rings is 2. The van der Waals surface area contributed by atoms with Crippen LogP contribution in [0.3, 0.4) is 0 Å². The summed E-state index contributed by atoms with van der Waals surface area (Å²) in [6.07, 6.45) is 6.10. The Balaban J connectivity index is 1.70. The molecular weight excluding hydrogens is 386 g/mol. The van der Waals surface area contributed by atoms with Crippen LogP contribution in [0.4, 0.5) is 11.8 Å². The third-order valence-electron chi connectivity index (χ3n) is 6.15. The van der Waals surface area contributed by atoms with E-state index in [1.165, 1.54) is 19.3 Å². The fourth-order valence-electron chi connectivity index (χ4n) is 4.40. The maximum absolute atomic E-state index is 12.8. The molecule has 1 amide bonds. The summed E-state index contributed by atoms with van der Waals surface area (Å²) in [6.45, 7) is 5.40. The van der Waals surface area contributed by atoms with Crippen molar-refractivity contribution in [2.24, 2.45) is 0 Å². The molecule has 1 aliphatic carbocycles. The van der Waals surface area contributed by atoms with Gasteiger partial charge in [0, 0.05) is 30.1 Å². The van der Waals surface area contributed by atoms with Crippen LogP contribution in [0.15, 0.2) is 42.5 Å². The van der Waals surface area contributed by atoms with Crippen molar-refractivity contribution < 1.29 is 4.79 Å². The minimum atomic E-state index is 0.0587. The van der Waals surface area contributed by atoms with Crippen molar-refractivity contribution in [3.05, 3.63) is 48.0 Å². The van der Waals surface area contributed by atoms with Gasteiger partial charge in [-0.15, -0.1) is 0 Å². The molecule has 6 nitrogen and oxygen atoms in total. The topological polar surface area (TPSA) is 84.1 Å². The average molecular weight is 418 g/mol. The Morgan fingerprint density at radius 1 is 1.03 bits per heavy atom. The molecule has 6 heteroatoms.